The highest BCUT2D eigenvalue weighted by atomic mass is 35.5. The van der Waals surface area contributed by atoms with E-state index < -0.39 is 0 Å². The number of hydrogen-bond donors (Lipinski definition) is 2. The zero-order valence-corrected chi connectivity index (χ0v) is 18.1. The van der Waals surface area contributed by atoms with Gasteiger partial charge < -0.3 is 9.55 Å². The number of H-pyrrole nitrogens is 2. The SMILES string of the molecule is Cc1c2c(=O)n(-c3ccc(Cl)cc3)[nH]c2cc(=O)n1CCc1c[nH]c2ccc(Cl)cc12. The molecule has 0 aliphatic rings. The smallest absolute Gasteiger partial charge is 0.280 e. The second-order valence-corrected chi connectivity index (χ2v) is 8.36. The highest BCUT2D eigenvalue weighted by Gasteiger charge is 2.15. The quantitative estimate of drug-likeness (QED) is 0.410. The number of fused-ring (bicyclic) bond motifs is 2. The molecule has 0 atom stereocenters. The van der Waals surface area contributed by atoms with Gasteiger partial charge >= 0.3 is 0 Å². The number of halogens is 2. The number of hydrogen-bond acceptors (Lipinski definition) is 2. The van der Waals surface area contributed by atoms with Crippen molar-refractivity contribution < 1.29 is 0 Å². The topological polar surface area (TPSA) is 75.6 Å². The van der Waals surface area contributed by atoms with Crippen LogP contribution in [-0.2, 0) is 13.0 Å². The van der Waals surface area contributed by atoms with E-state index in [4.69, 9.17) is 23.2 Å². The number of aryl methyl sites for hydroxylation is 2. The van der Waals surface area contributed by atoms with Crippen LogP contribution < -0.4 is 11.1 Å². The maximum absolute atomic E-state index is 13.1. The number of benzene rings is 2. The minimum Gasteiger partial charge on any atom is -0.361 e. The third-order valence-electron chi connectivity index (χ3n) is 5.64. The Balaban J connectivity index is 1.55. The van der Waals surface area contributed by atoms with Crippen molar-refractivity contribution in [3.8, 4) is 5.69 Å². The predicted molar refractivity (Wildman–Crippen MR) is 125 cm³/mol. The highest BCUT2D eigenvalue weighted by molar-refractivity contribution is 6.31. The summed E-state index contributed by atoms with van der Waals surface area (Å²) >= 11 is 12.1. The number of aromatic nitrogens is 4. The first-order valence-electron chi connectivity index (χ1n) is 9.79. The molecule has 0 saturated heterocycles. The molecule has 0 aliphatic carbocycles. The lowest BCUT2D eigenvalue weighted by atomic mass is 10.1. The van der Waals surface area contributed by atoms with E-state index in [1.165, 1.54) is 10.7 Å². The molecule has 0 unspecified atom stereocenters. The monoisotopic (exact) mass is 452 g/mol. The van der Waals surface area contributed by atoms with Crippen molar-refractivity contribution in [2.75, 3.05) is 0 Å². The molecule has 3 heterocycles. The maximum atomic E-state index is 13.1. The van der Waals surface area contributed by atoms with Gasteiger partial charge in [0.25, 0.3) is 11.1 Å². The fourth-order valence-corrected chi connectivity index (χ4v) is 4.35. The number of pyridine rings is 1. The van der Waals surface area contributed by atoms with Gasteiger partial charge in [0.1, 0.15) is 0 Å². The molecule has 0 amide bonds. The van der Waals surface area contributed by atoms with Gasteiger partial charge in [-0.1, -0.05) is 23.2 Å². The normalized spacial score (nSPS) is 11.6. The Kier molecular flexibility index (Phi) is 4.76. The molecule has 6 nitrogen and oxygen atoms in total. The summed E-state index contributed by atoms with van der Waals surface area (Å²) in [6, 6.07) is 14.1. The van der Waals surface area contributed by atoms with Crippen LogP contribution >= 0.6 is 23.2 Å². The first kappa shape index (κ1) is 19.7. The van der Waals surface area contributed by atoms with Crippen LogP contribution in [0.15, 0.2) is 64.3 Å². The zero-order chi connectivity index (χ0) is 21.7. The Morgan fingerprint density at radius 2 is 1.68 bits per heavy atom. The molecule has 8 heteroatoms. The van der Waals surface area contributed by atoms with Crippen LogP contribution in [0, 0.1) is 6.92 Å². The van der Waals surface area contributed by atoms with E-state index in [9.17, 15) is 9.59 Å². The zero-order valence-electron chi connectivity index (χ0n) is 16.6. The molecule has 0 radical (unpaired) electrons. The Labute approximate surface area is 186 Å². The molecule has 5 rings (SSSR count). The summed E-state index contributed by atoms with van der Waals surface area (Å²) in [4.78, 5) is 29.2. The van der Waals surface area contributed by atoms with Crippen LogP contribution in [0.5, 0.6) is 0 Å². The van der Waals surface area contributed by atoms with E-state index in [1.54, 1.807) is 35.8 Å². The van der Waals surface area contributed by atoms with Gasteiger partial charge in [0.05, 0.1) is 16.6 Å². The summed E-state index contributed by atoms with van der Waals surface area (Å²) in [6.07, 6.45) is 2.56. The van der Waals surface area contributed by atoms with E-state index in [-0.39, 0.29) is 11.1 Å². The molecule has 0 aliphatic heterocycles. The van der Waals surface area contributed by atoms with E-state index in [0.717, 1.165) is 16.5 Å². The Morgan fingerprint density at radius 1 is 0.935 bits per heavy atom. The number of nitrogens with one attached hydrogen (secondary N) is 2. The van der Waals surface area contributed by atoms with E-state index in [1.807, 2.05) is 24.4 Å². The van der Waals surface area contributed by atoms with Crippen molar-refractivity contribution in [2.45, 2.75) is 19.9 Å². The van der Waals surface area contributed by atoms with Gasteiger partial charge in [-0.3, -0.25) is 14.7 Å². The van der Waals surface area contributed by atoms with Crippen molar-refractivity contribution in [1.29, 1.82) is 0 Å². The molecule has 0 spiro atoms. The Hall–Kier alpha value is -3.22. The van der Waals surface area contributed by atoms with Crippen molar-refractivity contribution >= 4 is 45.0 Å². The summed E-state index contributed by atoms with van der Waals surface area (Å²) < 4.78 is 3.08. The second kappa shape index (κ2) is 7.48. The van der Waals surface area contributed by atoms with E-state index in [0.29, 0.717) is 45.3 Å². The number of rotatable bonds is 4. The van der Waals surface area contributed by atoms with Gasteiger partial charge in [-0.25, -0.2) is 4.68 Å². The lowest BCUT2D eigenvalue weighted by molar-refractivity contribution is 0.656. The molecule has 0 fully saturated rings. The largest absolute Gasteiger partial charge is 0.361 e. The first-order valence-corrected chi connectivity index (χ1v) is 10.5. The van der Waals surface area contributed by atoms with Crippen molar-refractivity contribution in [1.82, 2.24) is 19.3 Å². The van der Waals surface area contributed by atoms with Crippen LogP contribution in [0.2, 0.25) is 10.0 Å². The molecule has 2 N–H and O–H groups in total. The summed E-state index contributed by atoms with van der Waals surface area (Å²) in [7, 11) is 0. The second-order valence-electron chi connectivity index (χ2n) is 7.49. The van der Waals surface area contributed by atoms with Crippen LogP contribution in [0.4, 0.5) is 0 Å². The van der Waals surface area contributed by atoms with E-state index >= 15 is 0 Å². The fourth-order valence-electron chi connectivity index (χ4n) is 4.05. The molecule has 31 heavy (non-hydrogen) atoms. The minimum absolute atomic E-state index is 0.160. The standard InChI is InChI=1S/C23H18Cl2N4O2/c1-13-22-20(27-29(23(22)31)17-5-2-15(24)3-6-17)11-21(30)28(13)9-8-14-12-26-19-7-4-16(25)10-18(14)19/h2-7,10-12,26-27H,8-9H2,1H3. The Morgan fingerprint density at radius 3 is 2.45 bits per heavy atom. The molecular weight excluding hydrogens is 435 g/mol. The number of nitrogens with zero attached hydrogens (tertiary/aromatic N) is 2. The van der Waals surface area contributed by atoms with Crippen molar-refractivity contribution in [2.24, 2.45) is 0 Å². The molecule has 0 saturated carbocycles. The van der Waals surface area contributed by atoms with Gasteiger partial charge in [0.2, 0.25) is 0 Å². The molecular formula is C23H18Cl2N4O2. The predicted octanol–water partition coefficient (Wildman–Crippen LogP) is 4.82. The first-order chi connectivity index (χ1) is 14.9. The minimum atomic E-state index is -0.206. The van der Waals surface area contributed by atoms with Gasteiger partial charge in [-0.15, -0.1) is 0 Å². The number of aromatic amines is 2. The van der Waals surface area contributed by atoms with Crippen molar-refractivity contribution in [3.63, 3.8) is 0 Å². The van der Waals surface area contributed by atoms with Crippen LogP contribution in [0.25, 0.3) is 27.5 Å². The molecule has 156 valence electrons. The summed E-state index contributed by atoms with van der Waals surface area (Å²) in [5.74, 6) is 0. The van der Waals surface area contributed by atoms with Crippen LogP contribution in [0.1, 0.15) is 11.3 Å². The summed E-state index contributed by atoms with van der Waals surface area (Å²) in [6.45, 7) is 2.25. The van der Waals surface area contributed by atoms with Gasteiger partial charge in [0, 0.05) is 45.5 Å². The third kappa shape index (κ3) is 3.38. The fraction of sp³-hybridized carbons (Fsp3) is 0.130. The van der Waals surface area contributed by atoms with Crippen LogP contribution in [-0.4, -0.2) is 19.3 Å². The maximum Gasteiger partial charge on any atom is 0.280 e. The molecule has 0 bridgehead atoms. The Bertz CT molecular complexity index is 1560. The highest BCUT2D eigenvalue weighted by Crippen LogP contribution is 2.23. The van der Waals surface area contributed by atoms with Gasteiger partial charge in [0.15, 0.2) is 0 Å². The lowest BCUT2D eigenvalue weighted by Gasteiger charge is -2.10. The third-order valence-corrected chi connectivity index (χ3v) is 6.13. The van der Waals surface area contributed by atoms with Gasteiger partial charge in [-0.2, -0.15) is 0 Å². The molecule has 5 aromatic rings. The molecule has 3 aromatic heterocycles. The molecule has 2 aromatic carbocycles. The lowest BCUT2D eigenvalue weighted by Crippen LogP contribution is -2.24. The summed E-state index contributed by atoms with van der Waals surface area (Å²) in [5, 5.41) is 5.82. The average molecular weight is 453 g/mol. The summed E-state index contributed by atoms with van der Waals surface area (Å²) in [5.41, 5.74) is 3.49. The average Bonchev–Trinajstić information content (AvgIpc) is 3.29. The van der Waals surface area contributed by atoms with Crippen LogP contribution in [0.3, 0.4) is 0 Å². The van der Waals surface area contributed by atoms with E-state index in [2.05, 4.69) is 10.1 Å². The van der Waals surface area contributed by atoms with Crippen molar-refractivity contribution in [3.05, 3.63) is 96.7 Å². The van der Waals surface area contributed by atoms with Gasteiger partial charge in [-0.05, 0) is 61.4 Å².